The summed E-state index contributed by atoms with van der Waals surface area (Å²) < 4.78 is 0. The fourth-order valence-corrected chi connectivity index (χ4v) is 9.46. The molecule has 0 bridgehead atoms. The van der Waals surface area contributed by atoms with Crippen molar-refractivity contribution in [3.05, 3.63) is 247 Å². The summed E-state index contributed by atoms with van der Waals surface area (Å²) in [5.41, 5.74) is 20.7. The number of benzene rings is 9. The predicted molar refractivity (Wildman–Crippen MR) is 234 cm³/mol. The van der Waals surface area contributed by atoms with E-state index in [0.29, 0.717) is 0 Å². The third kappa shape index (κ3) is 4.88. The van der Waals surface area contributed by atoms with Gasteiger partial charge in [0.25, 0.3) is 0 Å². The lowest BCUT2D eigenvalue weighted by atomic mass is 9.70. The van der Waals surface area contributed by atoms with E-state index in [1.807, 2.05) is 0 Å². The van der Waals surface area contributed by atoms with Crippen LogP contribution in [0.1, 0.15) is 22.3 Å². The Hall–Kier alpha value is -7.22. The van der Waals surface area contributed by atoms with E-state index >= 15 is 0 Å². The molecule has 1 heteroatoms. The van der Waals surface area contributed by atoms with Crippen molar-refractivity contribution < 1.29 is 0 Å². The normalized spacial score (nSPS) is 14.5. The van der Waals surface area contributed by atoms with Gasteiger partial charge >= 0.3 is 0 Å². The second kappa shape index (κ2) is 13.0. The molecule has 9 aromatic rings. The van der Waals surface area contributed by atoms with Gasteiger partial charge in [0.2, 0.25) is 0 Å². The molecular formula is C55H37N. The average molecular weight is 712 g/mol. The van der Waals surface area contributed by atoms with Crippen LogP contribution in [0.5, 0.6) is 0 Å². The maximum absolute atomic E-state index is 2.46. The number of rotatable bonds is 6. The van der Waals surface area contributed by atoms with Gasteiger partial charge in [-0.15, -0.1) is 0 Å². The first-order valence-corrected chi connectivity index (χ1v) is 19.4. The molecule has 11 rings (SSSR count). The van der Waals surface area contributed by atoms with Crippen molar-refractivity contribution in [1.29, 1.82) is 0 Å². The van der Waals surface area contributed by atoms with Crippen molar-refractivity contribution in [2.24, 2.45) is 0 Å². The van der Waals surface area contributed by atoms with E-state index in [0.717, 1.165) is 17.1 Å². The van der Waals surface area contributed by atoms with E-state index in [-0.39, 0.29) is 0 Å². The Kier molecular flexibility index (Phi) is 7.47. The number of anilines is 3. The van der Waals surface area contributed by atoms with Crippen molar-refractivity contribution in [1.82, 2.24) is 0 Å². The van der Waals surface area contributed by atoms with Crippen LogP contribution in [-0.4, -0.2) is 0 Å². The molecule has 0 aromatic heterocycles. The summed E-state index contributed by atoms with van der Waals surface area (Å²) in [6.07, 6.45) is 0. The lowest BCUT2D eigenvalue weighted by molar-refractivity contribution is 0.794. The van der Waals surface area contributed by atoms with Gasteiger partial charge in [0.15, 0.2) is 0 Å². The first-order chi connectivity index (χ1) is 27.8. The van der Waals surface area contributed by atoms with Crippen molar-refractivity contribution in [3.8, 4) is 55.6 Å². The monoisotopic (exact) mass is 711 g/mol. The summed E-state index contributed by atoms with van der Waals surface area (Å²) in [5.74, 6) is 0. The molecule has 0 saturated heterocycles. The molecule has 9 aromatic carbocycles. The van der Waals surface area contributed by atoms with Crippen molar-refractivity contribution in [3.63, 3.8) is 0 Å². The molecule has 0 N–H and O–H groups in total. The number of hydrogen-bond acceptors (Lipinski definition) is 1. The molecule has 56 heavy (non-hydrogen) atoms. The van der Waals surface area contributed by atoms with Crippen LogP contribution in [-0.2, 0) is 5.41 Å². The minimum atomic E-state index is -0.474. The van der Waals surface area contributed by atoms with Gasteiger partial charge in [0.1, 0.15) is 0 Å². The highest BCUT2D eigenvalue weighted by Gasteiger charge is 2.52. The number of hydrogen-bond donors (Lipinski definition) is 0. The third-order valence-electron chi connectivity index (χ3n) is 11.9. The molecule has 0 heterocycles. The predicted octanol–water partition coefficient (Wildman–Crippen LogP) is 14.5. The maximum atomic E-state index is 2.46. The van der Waals surface area contributed by atoms with Crippen LogP contribution < -0.4 is 4.90 Å². The highest BCUT2D eigenvalue weighted by molar-refractivity contribution is 6.01. The highest BCUT2D eigenvalue weighted by Crippen LogP contribution is 2.65. The Labute approximate surface area is 328 Å². The van der Waals surface area contributed by atoms with E-state index in [2.05, 4.69) is 229 Å². The molecule has 1 nitrogen and oxygen atoms in total. The van der Waals surface area contributed by atoms with Gasteiger partial charge < -0.3 is 4.90 Å². The molecule has 0 aliphatic heterocycles. The Balaban J connectivity index is 1.16. The summed E-state index contributed by atoms with van der Waals surface area (Å²) in [6, 6.07) is 82.4. The largest absolute Gasteiger partial charge is 0.310 e. The highest BCUT2D eigenvalue weighted by atomic mass is 15.1. The van der Waals surface area contributed by atoms with Crippen LogP contribution >= 0.6 is 0 Å². The topological polar surface area (TPSA) is 3.24 Å². The first kappa shape index (κ1) is 32.2. The zero-order chi connectivity index (χ0) is 37.1. The Morgan fingerprint density at radius 1 is 0.268 bits per heavy atom. The molecule has 262 valence electrons. The third-order valence-corrected chi connectivity index (χ3v) is 11.9. The fraction of sp³-hybridized carbons (Fsp3) is 0.0182. The zero-order valence-corrected chi connectivity index (χ0v) is 30.8. The molecular weight excluding hydrogens is 675 g/mol. The van der Waals surface area contributed by atoms with Gasteiger partial charge in [-0.3, -0.25) is 0 Å². The van der Waals surface area contributed by atoms with Gasteiger partial charge in [-0.1, -0.05) is 188 Å². The summed E-state index contributed by atoms with van der Waals surface area (Å²) in [7, 11) is 0. The van der Waals surface area contributed by atoms with Crippen LogP contribution in [0.4, 0.5) is 17.1 Å². The quantitative estimate of drug-likeness (QED) is 0.166. The summed E-state index contributed by atoms with van der Waals surface area (Å²) >= 11 is 0. The van der Waals surface area contributed by atoms with Gasteiger partial charge in [-0.25, -0.2) is 0 Å². The van der Waals surface area contributed by atoms with Gasteiger partial charge in [-0.2, -0.15) is 0 Å². The smallest absolute Gasteiger partial charge is 0.0726 e. The first-order valence-electron chi connectivity index (χ1n) is 19.4. The Morgan fingerprint density at radius 2 is 0.679 bits per heavy atom. The lowest BCUT2D eigenvalue weighted by Crippen LogP contribution is -2.26. The van der Waals surface area contributed by atoms with Crippen LogP contribution in [0.2, 0.25) is 0 Å². The summed E-state index contributed by atoms with van der Waals surface area (Å²) in [4.78, 5) is 2.46. The minimum Gasteiger partial charge on any atom is -0.310 e. The molecule has 0 saturated carbocycles. The SMILES string of the molecule is c1ccc(-c2ccc(N(c3ccc(-c4ccccc4)cc3)c3cccc4c3-c3ccccc3C43c4ccccc4-c4ccc(-c5ccccc5)cc43)cc2)cc1. The van der Waals surface area contributed by atoms with E-state index in [9.17, 15) is 0 Å². The second-order valence-corrected chi connectivity index (χ2v) is 14.8. The van der Waals surface area contributed by atoms with E-state index in [1.54, 1.807) is 0 Å². The van der Waals surface area contributed by atoms with Crippen LogP contribution in [0, 0.1) is 0 Å². The summed E-state index contributed by atoms with van der Waals surface area (Å²) in [6.45, 7) is 0. The minimum absolute atomic E-state index is 0.474. The molecule has 2 aliphatic carbocycles. The molecule has 2 aliphatic rings. The zero-order valence-electron chi connectivity index (χ0n) is 30.8. The molecule has 0 fully saturated rings. The number of nitrogens with zero attached hydrogens (tertiary/aromatic N) is 1. The average Bonchev–Trinajstić information content (AvgIpc) is 3.75. The van der Waals surface area contributed by atoms with E-state index < -0.39 is 5.41 Å². The van der Waals surface area contributed by atoms with Crippen LogP contribution in [0.15, 0.2) is 224 Å². The van der Waals surface area contributed by atoms with Crippen LogP contribution in [0.3, 0.4) is 0 Å². The van der Waals surface area contributed by atoms with Crippen LogP contribution in [0.25, 0.3) is 55.6 Å². The molecule has 1 unspecified atom stereocenters. The van der Waals surface area contributed by atoms with Crippen molar-refractivity contribution >= 4 is 17.1 Å². The fourth-order valence-electron chi connectivity index (χ4n) is 9.46. The summed E-state index contributed by atoms with van der Waals surface area (Å²) in [5, 5.41) is 0. The van der Waals surface area contributed by atoms with Gasteiger partial charge in [-0.05, 0) is 109 Å². The van der Waals surface area contributed by atoms with Gasteiger partial charge in [0.05, 0.1) is 11.1 Å². The van der Waals surface area contributed by atoms with Crippen molar-refractivity contribution in [2.45, 2.75) is 5.41 Å². The van der Waals surface area contributed by atoms with Crippen molar-refractivity contribution in [2.75, 3.05) is 4.90 Å². The molecule has 1 spiro atoms. The Bertz CT molecular complexity index is 2790. The van der Waals surface area contributed by atoms with E-state index in [1.165, 1.54) is 77.9 Å². The van der Waals surface area contributed by atoms with Gasteiger partial charge in [0, 0.05) is 16.9 Å². The Morgan fingerprint density at radius 3 is 1.25 bits per heavy atom. The molecule has 0 amide bonds. The standard InChI is InChI=1S/C55H37N/c1-4-15-38(16-5-1)41-27-32-44(33-28-41)56(45-34-29-42(30-35-45)39-17-6-2-7-18-39)53-26-14-25-51-54(53)48-22-11-13-24-50(48)55(51)49-23-12-10-21-46(49)47-36-31-43(37-52(47)55)40-19-8-3-9-20-40/h1-37H. The molecule has 0 radical (unpaired) electrons. The number of fused-ring (bicyclic) bond motifs is 10. The molecule has 1 atom stereocenters. The van der Waals surface area contributed by atoms with E-state index in [4.69, 9.17) is 0 Å². The lowest BCUT2D eigenvalue weighted by Gasteiger charge is -2.32. The second-order valence-electron chi connectivity index (χ2n) is 14.8. The maximum Gasteiger partial charge on any atom is 0.0726 e.